The Morgan fingerprint density at radius 2 is 2.33 bits per heavy atom. The zero-order valence-electron chi connectivity index (χ0n) is 12.5. The number of likely N-dealkylation sites (tertiary alicyclic amines) is 1. The van der Waals surface area contributed by atoms with E-state index in [2.05, 4.69) is 24.1 Å². The summed E-state index contributed by atoms with van der Waals surface area (Å²) in [6.07, 6.45) is 1.88. The molecule has 0 aliphatic carbocycles. The number of anilines is 1. The molecular formula is C15H22ClN3O2. The van der Waals surface area contributed by atoms with Crippen molar-refractivity contribution in [1.29, 1.82) is 0 Å². The standard InChI is InChI=1S/C15H22ClN3O2/c1-3-5-17-14-8-11(7-13(16)18-14)15(21)19-6-4-10(2)12(19)9-20/h7-8,10,12,20H,3-6,9H2,1-2H3,(H,17,18). The number of nitrogens with zero attached hydrogens (tertiary/aromatic N) is 2. The quantitative estimate of drug-likeness (QED) is 0.820. The molecule has 2 unspecified atom stereocenters. The number of halogens is 1. The van der Waals surface area contributed by atoms with Gasteiger partial charge in [0.15, 0.2) is 0 Å². The average Bonchev–Trinajstić information content (AvgIpc) is 2.84. The smallest absolute Gasteiger partial charge is 0.254 e. The summed E-state index contributed by atoms with van der Waals surface area (Å²) in [5.74, 6) is 0.830. The molecule has 116 valence electrons. The second kappa shape index (κ2) is 7.09. The van der Waals surface area contributed by atoms with Gasteiger partial charge in [-0.25, -0.2) is 4.98 Å². The van der Waals surface area contributed by atoms with Crippen LogP contribution in [0.15, 0.2) is 12.1 Å². The summed E-state index contributed by atoms with van der Waals surface area (Å²) in [4.78, 5) is 18.5. The van der Waals surface area contributed by atoms with Gasteiger partial charge in [0, 0.05) is 18.7 Å². The van der Waals surface area contributed by atoms with E-state index in [1.807, 2.05) is 0 Å². The average molecular weight is 312 g/mol. The van der Waals surface area contributed by atoms with Crippen molar-refractivity contribution < 1.29 is 9.90 Å². The zero-order chi connectivity index (χ0) is 15.4. The summed E-state index contributed by atoms with van der Waals surface area (Å²) in [5, 5.41) is 12.9. The van der Waals surface area contributed by atoms with E-state index >= 15 is 0 Å². The molecule has 0 aromatic carbocycles. The molecule has 0 radical (unpaired) electrons. The third-order valence-electron chi connectivity index (χ3n) is 3.93. The van der Waals surface area contributed by atoms with Crippen molar-refractivity contribution in [1.82, 2.24) is 9.88 Å². The zero-order valence-corrected chi connectivity index (χ0v) is 13.2. The highest BCUT2D eigenvalue weighted by atomic mass is 35.5. The Hall–Kier alpha value is -1.33. The van der Waals surface area contributed by atoms with Crippen LogP contribution in [0.4, 0.5) is 5.82 Å². The van der Waals surface area contributed by atoms with Crippen LogP contribution in [0.5, 0.6) is 0 Å². The van der Waals surface area contributed by atoms with Gasteiger partial charge < -0.3 is 15.3 Å². The molecule has 21 heavy (non-hydrogen) atoms. The maximum Gasteiger partial charge on any atom is 0.254 e. The molecule has 1 aliphatic heterocycles. The van der Waals surface area contributed by atoms with Gasteiger partial charge in [-0.05, 0) is 30.9 Å². The van der Waals surface area contributed by atoms with Gasteiger partial charge >= 0.3 is 0 Å². The molecule has 1 amide bonds. The number of hydrogen-bond donors (Lipinski definition) is 2. The molecule has 1 saturated heterocycles. The van der Waals surface area contributed by atoms with Gasteiger partial charge in [-0.2, -0.15) is 0 Å². The van der Waals surface area contributed by atoms with E-state index < -0.39 is 0 Å². The van der Waals surface area contributed by atoms with Crippen LogP contribution in [0.2, 0.25) is 5.15 Å². The number of aromatic nitrogens is 1. The van der Waals surface area contributed by atoms with E-state index in [1.54, 1.807) is 17.0 Å². The minimum atomic E-state index is -0.114. The Bertz CT molecular complexity index is 510. The number of rotatable bonds is 5. The van der Waals surface area contributed by atoms with E-state index in [9.17, 15) is 9.90 Å². The van der Waals surface area contributed by atoms with Crippen molar-refractivity contribution in [2.24, 2.45) is 5.92 Å². The number of amides is 1. The summed E-state index contributed by atoms with van der Waals surface area (Å²) in [5.41, 5.74) is 0.515. The molecule has 2 heterocycles. The minimum Gasteiger partial charge on any atom is -0.394 e. The van der Waals surface area contributed by atoms with Crippen LogP contribution in [0.3, 0.4) is 0 Å². The van der Waals surface area contributed by atoms with Gasteiger partial charge in [-0.3, -0.25) is 4.79 Å². The first-order valence-corrected chi connectivity index (χ1v) is 7.78. The number of carbonyl (C=O) groups is 1. The monoisotopic (exact) mass is 311 g/mol. The highest BCUT2D eigenvalue weighted by molar-refractivity contribution is 6.29. The number of aliphatic hydroxyl groups is 1. The van der Waals surface area contributed by atoms with Crippen LogP contribution in [0.25, 0.3) is 0 Å². The highest BCUT2D eigenvalue weighted by Gasteiger charge is 2.34. The molecule has 0 bridgehead atoms. The number of carbonyl (C=O) groups excluding carboxylic acids is 1. The van der Waals surface area contributed by atoms with E-state index in [0.717, 1.165) is 19.4 Å². The van der Waals surface area contributed by atoms with Crippen LogP contribution in [-0.2, 0) is 0 Å². The summed E-state index contributed by atoms with van der Waals surface area (Å²) in [6.45, 7) is 5.56. The third-order valence-corrected chi connectivity index (χ3v) is 4.12. The second-order valence-electron chi connectivity index (χ2n) is 5.50. The van der Waals surface area contributed by atoms with E-state index in [0.29, 0.717) is 29.0 Å². The molecule has 2 N–H and O–H groups in total. The number of aliphatic hydroxyl groups excluding tert-OH is 1. The highest BCUT2D eigenvalue weighted by Crippen LogP contribution is 2.26. The predicted octanol–water partition coefficient (Wildman–Crippen LogP) is 2.40. The van der Waals surface area contributed by atoms with Crippen LogP contribution >= 0.6 is 11.6 Å². The predicted molar refractivity (Wildman–Crippen MR) is 83.7 cm³/mol. The molecule has 2 atom stereocenters. The minimum absolute atomic E-state index is 0.00728. The van der Waals surface area contributed by atoms with Crippen molar-refractivity contribution in [3.05, 3.63) is 22.8 Å². The first kappa shape index (κ1) is 16.0. The van der Waals surface area contributed by atoms with Crippen LogP contribution in [-0.4, -0.2) is 46.6 Å². The summed E-state index contributed by atoms with van der Waals surface area (Å²) < 4.78 is 0. The lowest BCUT2D eigenvalue weighted by molar-refractivity contribution is 0.0648. The van der Waals surface area contributed by atoms with Crippen molar-refractivity contribution in [2.45, 2.75) is 32.7 Å². The molecule has 6 heteroatoms. The molecule has 1 fully saturated rings. The lowest BCUT2D eigenvalue weighted by Crippen LogP contribution is -2.39. The molecule has 0 spiro atoms. The molecule has 1 aliphatic rings. The normalized spacial score (nSPS) is 21.6. The molecule has 1 aromatic heterocycles. The lowest BCUT2D eigenvalue weighted by atomic mass is 10.0. The molecule has 1 aromatic rings. The van der Waals surface area contributed by atoms with E-state index in [1.165, 1.54) is 0 Å². The van der Waals surface area contributed by atoms with Gasteiger partial charge in [0.05, 0.1) is 12.6 Å². The summed E-state index contributed by atoms with van der Waals surface area (Å²) >= 11 is 6.01. The first-order valence-electron chi connectivity index (χ1n) is 7.40. The number of hydrogen-bond acceptors (Lipinski definition) is 4. The fourth-order valence-electron chi connectivity index (χ4n) is 2.67. The van der Waals surface area contributed by atoms with Gasteiger partial charge in [0.25, 0.3) is 5.91 Å². The SMILES string of the molecule is CCCNc1cc(C(=O)N2CCC(C)C2CO)cc(Cl)n1. The molecule has 2 rings (SSSR count). The largest absolute Gasteiger partial charge is 0.394 e. The molecule has 0 saturated carbocycles. The van der Waals surface area contributed by atoms with Gasteiger partial charge in [0.2, 0.25) is 0 Å². The Kier molecular flexibility index (Phi) is 5.42. The van der Waals surface area contributed by atoms with Crippen LogP contribution in [0, 0.1) is 5.92 Å². The second-order valence-corrected chi connectivity index (χ2v) is 5.89. The van der Waals surface area contributed by atoms with Gasteiger partial charge in [-0.1, -0.05) is 25.4 Å². The molecule has 5 nitrogen and oxygen atoms in total. The van der Waals surface area contributed by atoms with Gasteiger partial charge in [-0.15, -0.1) is 0 Å². The third kappa shape index (κ3) is 3.66. The summed E-state index contributed by atoms with van der Waals surface area (Å²) in [6, 6.07) is 3.19. The lowest BCUT2D eigenvalue weighted by Gasteiger charge is -2.25. The Balaban J connectivity index is 2.20. The fourth-order valence-corrected chi connectivity index (χ4v) is 2.88. The van der Waals surface area contributed by atoms with Crippen LogP contribution < -0.4 is 5.32 Å². The van der Waals surface area contributed by atoms with Crippen molar-refractivity contribution in [3.8, 4) is 0 Å². The Morgan fingerprint density at radius 3 is 3.00 bits per heavy atom. The van der Waals surface area contributed by atoms with Crippen molar-refractivity contribution in [3.63, 3.8) is 0 Å². The maximum atomic E-state index is 12.6. The Labute approximate surface area is 130 Å². The van der Waals surface area contributed by atoms with E-state index in [-0.39, 0.29) is 18.6 Å². The number of nitrogens with one attached hydrogen (secondary N) is 1. The molecular weight excluding hydrogens is 290 g/mol. The van der Waals surface area contributed by atoms with E-state index in [4.69, 9.17) is 11.6 Å². The Morgan fingerprint density at radius 1 is 1.57 bits per heavy atom. The summed E-state index contributed by atoms with van der Waals surface area (Å²) in [7, 11) is 0. The number of pyridine rings is 1. The van der Waals surface area contributed by atoms with Crippen molar-refractivity contribution in [2.75, 3.05) is 25.0 Å². The maximum absolute atomic E-state index is 12.6. The van der Waals surface area contributed by atoms with Crippen molar-refractivity contribution >= 4 is 23.3 Å². The topological polar surface area (TPSA) is 65.5 Å². The van der Waals surface area contributed by atoms with Gasteiger partial charge in [0.1, 0.15) is 11.0 Å². The van der Waals surface area contributed by atoms with Crippen LogP contribution in [0.1, 0.15) is 37.0 Å². The fraction of sp³-hybridized carbons (Fsp3) is 0.600. The first-order chi connectivity index (χ1) is 10.1.